The molecule has 2 bridgehead atoms. The molecular formula is C47H51FN6O6. The molecule has 4 saturated heterocycles. The van der Waals surface area contributed by atoms with Gasteiger partial charge < -0.3 is 33.9 Å². The van der Waals surface area contributed by atoms with Crippen molar-refractivity contribution in [2.45, 2.75) is 50.4 Å². The summed E-state index contributed by atoms with van der Waals surface area (Å²) in [5.74, 6) is -0.284. The monoisotopic (exact) mass is 814 g/mol. The van der Waals surface area contributed by atoms with Gasteiger partial charge in [-0.2, -0.15) is 0 Å². The second-order valence-corrected chi connectivity index (χ2v) is 16.8. The van der Waals surface area contributed by atoms with Gasteiger partial charge in [0.05, 0.1) is 35.6 Å². The van der Waals surface area contributed by atoms with Gasteiger partial charge >= 0.3 is 5.97 Å². The number of aromatic nitrogens is 2. The molecular weight excluding hydrogens is 764 g/mol. The zero-order valence-electron chi connectivity index (χ0n) is 34.3. The summed E-state index contributed by atoms with van der Waals surface area (Å²) in [5.41, 5.74) is 2.26. The highest BCUT2D eigenvalue weighted by molar-refractivity contribution is 6.01. The number of anilines is 1. The average Bonchev–Trinajstić information content (AvgIpc) is 3.27. The van der Waals surface area contributed by atoms with Crippen LogP contribution in [-0.2, 0) is 16.0 Å². The maximum atomic E-state index is 16.2. The number of rotatable bonds is 11. The van der Waals surface area contributed by atoms with Crippen molar-refractivity contribution in [3.8, 4) is 11.5 Å². The third-order valence-electron chi connectivity index (χ3n) is 13.1. The van der Waals surface area contributed by atoms with Gasteiger partial charge in [-0.25, -0.2) is 9.18 Å². The molecule has 7 atom stereocenters. The van der Waals surface area contributed by atoms with Gasteiger partial charge in [0.15, 0.2) is 11.6 Å². The van der Waals surface area contributed by atoms with Crippen molar-refractivity contribution in [2.75, 3.05) is 64.9 Å². The Labute approximate surface area is 348 Å². The maximum Gasteiger partial charge on any atom is 0.329 e. The predicted molar refractivity (Wildman–Crippen MR) is 228 cm³/mol. The topological polar surface area (TPSA) is 118 Å². The number of likely N-dealkylation sites (N-methyl/N-ethyl adjacent to an activating group) is 1. The first-order valence-corrected chi connectivity index (χ1v) is 20.9. The molecule has 2 aromatic heterocycles. The number of benzene rings is 3. The Kier molecular flexibility index (Phi) is 10.8. The lowest BCUT2D eigenvalue weighted by atomic mass is 9.73. The summed E-state index contributed by atoms with van der Waals surface area (Å²) in [6, 6.07) is 16.6. The van der Waals surface area contributed by atoms with E-state index in [4.69, 9.17) is 14.2 Å². The largest absolute Gasteiger partial charge is 0.497 e. The molecule has 3 aromatic carbocycles. The van der Waals surface area contributed by atoms with Crippen LogP contribution >= 0.6 is 0 Å². The minimum absolute atomic E-state index is 0.0426. The number of carbonyl (C=O) groups is 2. The molecule has 60 heavy (non-hydrogen) atoms. The molecule has 0 radical (unpaired) electrons. The maximum absolute atomic E-state index is 16.2. The lowest BCUT2D eigenvalue weighted by Crippen LogP contribution is -2.56. The zero-order chi connectivity index (χ0) is 41.7. The van der Waals surface area contributed by atoms with Crippen LogP contribution in [0.15, 0.2) is 90.5 Å². The summed E-state index contributed by atoms with van der Waals surface area (Å²) in [6.45, 7) is 10.7. The Morgan fingerprint density at radius 1 is 1.07 bits per heavy atom. The number of carbonyl (C=O) groups excluding carboxylic acids is 2. The molecule has 7 heterocycles. The van der Waals surface area contributed by atoms with Gasteiger partial charge in [0.2, 0.25) is 5.43 Å². The lowest BCUT2D eigenvalue weighted by Gasteiger charge is -2.51. The van der Waals surface area contributed by atoms with E-state index >= 15 is 4.39 Å². The van der Waals surface area contributed by atoms with Crippen LogP contribution in [0.25, 0.3) is 21.8 Å². The first-order chi connectivity index (χ1) is 29.1. The molecule has 0 saturated carbocycles. The van der Waals surface area contributed by atoms with Crippen molar-refractivity contribution >= 4 is 39.4 Å². The number of amides is 1. The van der Waals surface area contributed by atoms with Gasteiger partial charge in [0.1, 0.15) is 35.8 Å². The molecule has 1 N–H and O–H groups in total. The molecule has 5 aliphatic heterocycles. The number of pyridine rings is 2. The molecule has 10 rings (SSSR count). The number of nitrogens with one attached hydrogen (secondary N) is 1. The Balaban J connectivity index is 1.08. The van der Waals surface area contributed by atoms with Crippen molar-refractivity contribution in [3.05, 3.63) is 118 Å². The summed E-state index contributed by atoms with van der Waals surface area (Å²) in [6.07, 6.45) is 6.50. The van der Waals surface area contributed by atoms with E-state index in [1.54, 1.807) is 13.3 Å². The van der Waals surface area contributed by atoms with Crippen molar-refractivity contribution < 1.29 is 28.2 Å². The smallest absolute Gasteiger partial charge is 0.329 e. The summed E-state index contributed by atoms with van der Waals surface area (Å²) < 4.78 is 36.5. The van der Waals surface area contributed by atoms with Crippen molar-refractivity contribution in [1.29, 1.82) is 0 Å². The number of methoxy groups -OCH3 is 1. The number of esters is 1. The van der Waals surface area contributed by atoms with Crippen LogP contribution in [-0.4, -0.2) is 103 Å². The molecule has 312 valence electrons. The molecule has 12 nitrogen and oxygen atoms in total. The molecule has 5 aromatic rings. The number of nitrogens with zero attached hydrogens (tertiary/aromatic N) is 5. The van der Waals surface area contributed by atoms with Crippen LogP contribution in [0.2, 0.25) is 0 Å². The highest BCUT2D eigenvalue weighted by Gasteiger charge is 2.45. The first kappa shape index (κ1) is 39.7. The molecule has 0 aliphatic carbocycles. The normalized spacial score (nSPS) is 23.5. The quantitative estimate of drug-likeness (QED) is 0.127. The SMILES string of the molecule is C=CC1CN2CC[C@H]1CC2[C@H](OC(=O)[C@H](Cc1ccccc1)NC(=O)c1cn2c3c(c(N4CCN(C)CC4)c(F)cc3c1=O)OC[C@@H]2C)c1ccnc2ccc(OC)cc12. The van der Waals surface area contributed by atoms with Gasteiger partial charge in [-0.05, 0) is 81.1 Å². The fourth-order valence-corrected chi connectivity index (χ4v) is 9.75. The van der Waals surface area contributed by atoms with E-state index in [-0.39, 0.29) is 36.1 Å². The minimum Gasteiger partial charge on any atom is -0.497 e. The van der Waals surface area contributed by atoms with Crippen LogP contribution in [0.3, 0.4) is 0 Å². The molecule has 5 aliphatic rings. The summed E-state index contributed by atoms with van der Waals surface area (Å²) in [4.78, 5) is 54.8. The lowest BCUT2D eigenvalue weighted by molar-refractivity contribution is -0.159. The molecule has 1 amide bonds. The summed E-state index contributed by atoms with van der Waals surface area (Å²) in [5, 5.41) is 3.76. The van der Waals surface area contributed by atoms with E-state index < -0.39 is 35.3 Å². The Hall–Kier alpha value is -5.79. The standard InChI is InChI=1S/C47H51FN6O6/c1-5-30-25-53-16-14-31(30)22-40(53)44(33-13-15-49-38-12-11-32(58-4)23-34(33)38)60-47(57)39(21-29-9-7-6-8-10-29)50-46(56)36-26-54-28(2)27-59-45-41(54)35(43(36)55)24-37(48)42(45)52-19-17-51(3)18-20-52/h5-13,15,23-24,26,28,30-31,39-40,44H,1,14,16-22,25,27H2,2-4H3,(H,50,56)/t28-,30?,31-,39-,40?,44+/m0/s1. The minimum atomic E-state index is -1.18. The second-order valence-electron chi connectivity index (χ2n) is 16.8. The summed E-state index contributed by atoms with van der Waals surface area (Å²) in [7, 11) is 3.64. The van der Waals surface area contributed by atoms with E-state index in [9.17, 15) is 14.4 Å². The van der Waals surface area contributed by atoms with Gasteiger partial charge in [-0.1, -0.05) is 36.4 Å². The Morgan fingerprint density at radius 3 is 2.60 bits per heavy atom. The fraction of sp³-hybridized carbons (Fsp3) is 0.404. The van der Waals surface area contributed by atoms with Crippen molar-refractivity contribution in [1.82, 2.24) is 24.7 Å². The van der Waals surface area contributed by atoms with Crippen LogP contribution in [0, 0.1) is 17.7 Å². The van der Waals surface area contributed by atoms with Crippen LogP contribution < -0.4 is 25.1 Å². The van der Waals surface area contributed by atoms with Gasteiger partial charge in [0.25, 0.3) is 5.91 Å². The number of hydrogen-bond acceptors (Lipinski definition) is 10. The predicted octanol–water partition coefficient (Wildman–Crippen LogP) is 5.92. The number of hydrogen-bond donors (Lipinski definition) is 1. The third-order valence-corrected chi connectivity index (χ3v) is 13.1. The Bertz CT molecular complexity index is 2520. The molecule has 0 spiro atoms. The number of piperazine rings is 1. The second kappa shape index (κ2) is 16.3. The highest BCUT2D eigenvalue weighted by Crippen LogP contribution is 2.45. The average molecular weight is 815 g/mol. The van der Waals surface area contributed by atoms with E-state index in [1.807, 2.05) is 84.1 Å². The Morgan fingerprint density at radius 2 is 1.87 bits per heavy atom. The molecule has 4 fully saturated rings. The van der Waals surface area contributed by atoms with Crippen LogP contribution in [0.4, 0.5) is 10.1 Å². The molecule has 3 unspecified atom stereocenters. The van der Waals surface area contributed by atoms with Crippen molar-refractivity contribution in [2.24, 2.45) is 11.8 Å². The van der Waals surface area contributed by atoms with Gasteiger partial charge in [0, 0.05) is 62.5 Å². The fourth-order valence-electron chi connectivity index (χ4n) is 9.75. The molecule has 13 heteroatoms. The number of fused-ring (bicyclic) bond motifs is 4. The summed E-state index contributed by atoms with van der Waals surface area (Å²) >= 11 is 0. The first-order valence-electron chi connectivity index (χ1n) is 20.9. The number of piperidine rings is 3. The van der Waals surface area contributed by atoms with Crippen molar-refractivity contribution in [3.63, 3.8) is 0 Å². The number of halogens is 1. The van der Waals surface area contributed by atoms with E-state index in [0.717, 1.165) is 61.1 Å². The zero-order valence-corrected chi connectivity index (χ0v) is 34.3. The van der Waals surface area contributed by atoms with E-state index in [2.05, 4.69) is 26.7 Å². The highest BCUT2D eigenvalue weighted by atomic mass is 19.1. The third kappa shape index (κ3) is 7.27. The number of ether oxygens (including phenoxy) is 3. The van der Waals surface area contributed by atoms with Gasteiger partial charge in [-0.3, -0.25) is 19.5 Å². The van der Waals surface area contributed by atoms with E-state index in [1.165, 1.54) is 12.3 Å². The van der Waals surface area contributed by atoms with Crippen LogP contribution in [0.5, 0.6) is 11.5 Å². The van der Waals surface area contributed by atoms with E-state index in [0.29, 0.717) is 47.6 Å². The van der Waals surface area contributed by atoms with Crippen LogP contribution in [0.1, 0.15) is 53.4 Å². The van der Waals surface area contributed by atoms with Gasteiger partial charge in [-0.15, -0.1) is 6.58 Å².